The maximum Gasteiger partial charge on any atom is 0.335 e. The number of imide groups is 2. The first-order valence-corrected chi connectivity index (χ1v) is 11.6. The summed E-state index contributed by atoms with van der Waals surface area (Å²) in [7, 11) is 0. The molecule has 1 aliphatic heterocycles. The van der Waals surface area contributed by atoms with Gasteiger partial charge in [0, 0.05) is 10.9 Å². The molecule has 1 heterocycles. The molecule has 0 spiro atoms. The Morgan fingerprint density at radius 1 is 0.829 bits per heavy atom. The minimum absolute atomic E-state index is 0.182. The number of benzene rings is 4. The summed E-state index contributed by atoms with van der Waals surface area (Å²) in [5.41, 5.74) is 2.01. The number of carbonyl (C=O) groups is 3. The zero-order valence-electron chi connectivity index (χ0n) is 18.3. The van der Waals surface area contributed by atoms with Crippen molar-refractivity contribution in [3.63, 3.8) is 0 Å². The molecule has 0 aliphatic carbocycles. The Hall–Kier alpha value is -4.10. The number of hydrogen-bond acceptors (Lipinski definition) is 3. The number of hydrogen-bond donors (Lipinski definition) is 1. The molecule has 7 heteroatoms. The van der Waals surface area contributed by atoms with Crippen LogP contribution in [0.4, 0.5) is 14.9 Å². The van der Waals surface area contributed by atoms with E-state index >= 15 is 0 Å². The molecule has 1 N–H and O–H groups in total. The Balaban J connectivity index is 1.65. The second-order valence-electron chi connectivity index (χ2n) is 8.06. The molecule has 4 aromatic carbocycles. The number of anilines is 1. The van der Waals surface area contributed by atoms with Gasteiger partial charge in [0.2, 0.25) is 0 Å². The average molecular weight is 529 g/mol. The molecule has 5 nitrogen and oxygen atoms in total. The normalized spacial score (nSPS) is 15.1. The molecule has 1 aliphatic rings. The highest BCUT2D eigenvalue weighted by Gasteiger charge is 2.37. The highest BCUT2D eigenvalue weighted by atomic mass is 79.9. The predicted molar refractivity (Wildman–Crippen MR) is 136 cm³/mol. The zero-order valence-corrected chi connectivity index (χ0v) is 19.9. The van der Waals surface area contributed by atoms with Crippen LogP contribution in [0.3, 0.4) is 0 Å². The van der Waals surface area contributed by atoms with Crippen molar-refractivity contribution in [2.24, 2.45) is 0 Å². The predicted octanol–water partition coefficient (Wildman–Crippen LogP) is 6.00. The summed E-state index contributed by atoms with van der Waals surface area (Å²) in [5, 5.41) is 3.97. The van der Waals surface area contributed by atoms with Crippen molar-refractivity contribution in [2.75, 3.05) is 4.90 Å². The van der Waals surface area contributed by atoms with Gasteiger partial charge < -0.3 is 0 Å². The highest BCUT2D eigenvalue weighted by molar-refractivity contribution is 9.10. The van der Waals surface area contributed by atoms with Gasteiger partial charge in [0.1, 0.15) is 11.4 Å². The molecule has 4 amide bonds. The molecule has 0 radical (unpaired) electrons. The third-order valence-corrected chi connectivity index (χ3v) is 6.40. The molecule has 0 unspecified atom stereocenters. The van der Waals surface area contributed by atoms with Crippen molar-refractivity contribution >= 4 is 56.3 Å². The molecule has 0 atom stereocenters. The van der Waals surface area contributed by atoms with E-state index in [1.165, 1.54) is 12.1 Å². The minimum Gasteiger partial charge on any atom is -0.273 e. The molecule has 1 saturated heterocycles. The van der Waals surface area contributed by atoms with Crippen LogP contribution in [-0.4, -0.2) is 17.8 Å². The number of urea groups is 1. The molecule has 0 bridgehead atoms. The fraction of sp³-hybridized carbons (Fsp3) is 0.0357. The smallest absolute Gasteiger partial charge is 0.273 e. The van der Waals surface area contributed by atoms with Crippen LogP contribution in [0.5, 0.6) is 0 Å². The van der Waals surface area contributed by atoms with Crippen molar-refractivity contribution in [2.45, 2.75) is 6.42 Å². The number of nitrogens with zero attached hydrogens (tertiary/aromatic N) is 1. The third-order valence-electron chi connectivity index (χ3n) is 5.87. The maximum atomic E-state index is 14.4. The maximum absolute atomic E-state index is 14.4. The van der Waals surface area contributed by atoms with Crippen LogP contribution in [-0.2, 0) is 16.0 Å². The van der Waals surface area contributed by atoms with Crippen molar-refractivity contribution in [3.05, 3.63) is 117 Å². The van der Waals surface area contributed by atoms with E-state index in [1.54, 1.807) is 42.5 Å². The second kappa shape index (κ2) is 9.27. The van der Waals surface area contributed by atoms with E-state index in [9.17, 15) is 18.8 Å². The number of carbonyl (C=O) groups excluding carboxylic acids is 3. The van der Waals surface area contributed by atoms with Crippen molar-refractivity contribution < 1.29 is 18.8 Å². The van der Waals surface area contributed by atoms with Crippen LogP contribution in [0.15, 0.2) is 95.0 Å². The Morgan fingerprint density at radius 3 is 2.31 bits per heavy atom. The van der Waals surface area contributed by atoms with Gasteiger partial charge >= 0.3 is 6.03 Å². The van der Waals surface area contributed by atoms with Gasteiger partial charge in [-0.05, 0) is 63.9 Å². The van der Waals surface area contributed by atoms with Crippen LogP contribution >= 0.6 is 15.9 Å². The van der Waals surface area contributed by atoms with E-state index in [1.807, 2.05) is 36.4 Å². The van der Waals surface area contributed by atoms with Gasteiger partial charge in [-0.1, -0.05) is 70.5 Å². The van der Waals surface area contributed by atoms with Crippen LogP contribution in [0, 0.1) is 5.82 Å². The van der Waals surface area contributed by atoms with E-state index in [-0.39, 0.29) is 17.8 Å². The van der Waals surface area contributed by atoms with Crippen molar-refractivity contribution in [3.8, 4) is 0 Å². The standard InChI is InChI=1S/C28H18BrFN2O3/c29-20-11-13-21(14-12-20)32-27(34)24(26(33)31-28(32)35)16-23-18(15-19-6-2-4-8-25(19)30)10-9-17-5-1-3-7-22(17)23/h1-14,16H,15H2,(H,31,33,35)/b24-16+. The van der Waals surface area contributed by atoms with Gasteiger partial charge in [-0.15, -0.1) is 0 Å². The Labute approximate surface area is 209 Å². The number of nitrogens with one attached hydrogen (secondary N) is 1. The lowest BCUT2D eigenvalue weighted by Crippen LogP contribution is -2.54. The van der Waals surface area contributed by atoms with Crippen molar-refractivity contribution in [1.29, 1.82) is 0 Å². The van der Waals surface area contributed by atoms with Crippen LogP contribution < -0.4 is 10.2 Å². The van der Waals surface area contributed by atoms with Gasteiger partial charge in [0.25, 0.3) is 11.8 Å². The third kappa shape index (κ3) is 4.38. The molecular weight excluding hydrogens is 511 g/mol. The molecule has 1 fully saturated rings. The first-order valence-electron chi connectivity index (χ1n) is 10.8. The van der Waals surface area contributed by atoms with Crippen molar-refractivity contribution in [1.82, 2.24) is 5.32 Å². The lowest BCUT2D eigenvalue weighted by Gasteiger charge is -2.26. The first kappa shape index (κ1) is 22.7. The van der Waals surface area contributed by atoms with Gasteiger partial charge in [0.15, 0.2) is 0 Å². The van der Waals surface area contributed by atoms with Crippen LogP contribution in [0.25, 0.3) is 16.8 Å². The molecule has 35 heavy (non-hydrogen) atoms. The highest BCUT2D eigenvalue weighted by Crippen LogP contribution is 2.30. The molecular formula is C28H18BrFN2O3. The summed E-state index contributed by atoms with van der Waals surface area (Å²) in [6.45, 7) is 0. The Morgan fingerprint density at radius 2 is 1.54 bits per heavy atom. The van der Waals surface area contributed by atoms with E-state index in [0.717, 1.165) is 25.7 Å². The Kier molecular flexibility index (Phi) is 6.01. The summed E-state index contributed by atoms with van der Waals surface area (Å²) in [4.78, 5) is 39.7. The fourth-order valence-corrected chi connectivity index (χ4v) is 4.40. The SMILES string of the molecule is O=C1NC(=O)N(c2ccc(Br)cc2)C(=O)/C1=C/c1c(Cc2ccccc2F)ccc2ccccc12. The molecule has 0 aromatic heterocycles. The Bertz CT molecular complexity index is 1530. The van der Waals surface area contributed by atoms with E-state index in [4.69, 9.17) is 0 Å². The van der Waals surface area contributed by atoms with E-state index < -0.39 is 17.8 Å². The summed E-state index contributed by atoms with van der Waals surface area (Å²) in [6, 6.07) is 23.6. The number of barbiturate groups is 1. The number of fused-ring (bicyclic) bond motifs is 1. The molecule has 0 saturated carbocycles. The monoisotopic (exact) mass is 528 g/mol. The van der Waals surface area contributed by atoms with Crippen LogP contribution in [0.2, 0.25) is 0 Å². The largest absolute Gasteiger partial charge is 0.335 e. The zero-order chi connectivity index (χ0) is 24.5. The number of rotatable bonds is 4. The van der Waals surface area contributed by atoms with Gasteiger partial charge in [-0.25, -0.2) is 14.1 Å². The average Bonchev–Trinajstić information content (AvgIpc) is 2.85. The van der Waals surface area contributed by atoms with Crippen LogP contribution in [0.1, 0.15) is 16.7 Å². The summed E-state index contributed by atoms with van der Waals surface area (Å²) in [5.74, 6) is -1.85. The lowest BCUT2D eigenvalue weighted by atomic mass is 9.92. The topological polar surface area (TPSA) is 66.5 Å². The molecule has 172 valence electrons. The number of halogens is 2. The molecule has 5 rings (SSSR count). The van der Waals surface area contributed by atoms with E-state index in [0.29, 0.717) is 16.8 Å². The quantitative estimate of drug-likeness (QED) is 0.261. The fourth-order valence-electron chi connectivity index (χ4n) is 4.14. The summed E-state index contributed by atoms with van der Waals surface area (Å²) < 4.78 is 15.2. The summed E-state index contributed by atoms with van der Waals surface area (Å²) in [6.07, 6.45) is 1.76. The summed E-state index contributed by atoms with van der Waals surface area (Å²) >= 11 is 3.33. The minimum atomic E-state index is -0.816. The number of amides is 4. The van der Waals surface area contributed by atoms with E-state index in [2.05, 4.69) is 21.2 Å². The first-order chi connectivity index (χ1) is 16.9. The molecule has 4 aromatic rings. The second-order valence-corrected chi connectivity index (χ2v) is 8.98. The van der Waals surface area contributed by atoms with Gasteiger partial charge in [0.05, 0.1) is 5.69 Å². The van der Waals surface area contributed by atoms with Gasteiger partial charge in [-0.3, -0.25) is 14.9 Å². The lowest BCUT2D eigenvalue weighted by molar-refractivity contribution is -0.122. The van der Waals surface area contributed by atoms with Gasteiger partial charge in [-0.2, -0.15) is 0 Å².